The number of aliphatic hydroxyl groups excluding tert-OH is 3. The van der Waals surface area contributed by atoms with Crippen LogP contribution in [0, 0.1) is 5.92 Å². The Morgan fingerprint density at radius 1 is 1.22 bits per heavy atom. The summed E-state index contributed by atoms with van der Waals surface area (Å²) in [6.07, 6.45) is -0.0712. The summed E-state index contributed by atoms with van der Waals surface area (Å²) in [4.78, 5) is 0. The van der Waals surface area contributed by atoms with Gasteiger partial charge in [-0.2, -0.15) is 0 Å². The molecule has 0 radical (unpaired) electrons. The largest absolute Gasteiger partial charge is 0.396 e. The van der Waals surface area contributed by atoms with Gasteiger partial charge in [0.1, 0.15) is 0 Å². The molecule has 56 valence electrons. The van der Waals surface area contributed by atoms with E-state index >= 15 is 0 Å². The summed E-state index contributed by atoms with van der Waals surface area (Å²) >= 11 is 0. The molecule has 0 unspecified atom stereocenters. The molecule has 0 aromatic rings. The summed E-state index contributed by atoms with van der Waals surface area (Å²) in [5.41, 5.74) is 0. The molecule has 0 amide bonds. The second kappa shape index (κ2) is 4.73. The third-order valence-corrected chi connectivity index (χ3v) is 1.49. The lowest BCUT2D eigenvalue weighted by atomic mass is 10.0. The molecule has 0 saturated heterocycles. The number of hydrogen-bond acceptors (Lipinski definition) is 3. The fraction of sp³-hybridized carbons (Fsp3) is 1.00. The Bertz CT molecular complexity index is 61.3. The second-order valence-electron chi connectivity index (χ2n) is 2.10. The molecule has 0 aromatic heterocycles. The van der Waals surface area contributed by atoms with Crippen molar-refractivity contribution in [2.45, 2.75) is 19.4 Å². The predicted octanol–water partition coefficient (Wildman–Crippen LogP) is -0.642. The van der Waals surface area contributed by atoms with E-state index in [-0.39, 0.29) is 19.1 Å². The van der Waals surface area contributed by atoms with Crippen LogP contribution in [0.3, 0.4) is 0 Å². The van der Waals surface area contributed by atoms with Crippen LogP contribution in [0.2, 0.25) is 0 Å². The Morgan fingerprint density at radius 2 is 1.78 bits per heavy atom. The maximum Gasteiger partial charge on any atom is 0.0820 e. The monoisotopic (exact) mass is 134 g/mol. The van der Waals surface area contributed by atoms with Crippen LogP contribution in [-0.2, 0) is 0 Å². The van der Waals surface area contributed by atoms with Gasteiger partial charge >= 0.3 is 0 Å². The molecule has 0 aliphatic carbocycles. The Morgan fingerprint density at radius 3 is 1.89 bits per heavy atom. The Balaban J connectivity index is 3.50. The molecule has 0 rings (SSSR count). The van der Waals surface area contributed by atoms with E-state index < -0.39 is 6.10 Å². The van der Waals surface area contributed by atoms with E-state index in [1.54, 1.807) is 0 Å². The third-order valence-electron chi connectivity index (χ3n) is 1.49. The first-order chi connectivity index (χ1) is 4.26. The van der Waals surface area contributed by atoms with Crippen molar-refractivity contribution in [2.75, 3.05) is 13.2 Å². The molecule has 0 spiro atoms. The first-order valence-electron chi connectivity index (χ1n) is 3.16. The van der Waals surface area contributed by atoms with Crippen molar-refractivity contribution in [1.82, 2.24) is 0 Å². The maximum atomic E-state index is 8.91. The Kier molecular flexibility index (Phi) is 4.67. The van der Waals surface area contributed by atoms with Crippen LogP contribution in [0.4, 0.5) is 0 Å². The number of hydrogen-bond donors (Lipinski definition) is 3. The lowest BCUT2D eigenvalue weighted by molar-refractivity contribution is 0.0212. The lowest BCUT2D eigenvalue weighted by Gasteiger charge is -2.15. The summed E-state index contributed by atoms with van der Waals surface area (Å²) in [6.45, 7) is 1.54. The van der Waals surface area contributed by atoms with Crippen molar-refractivity contribution < 1.29 is 15.3 Å². The van der Waals surface area contributed by atoms with Crippen LogP contribution < -0.4 is 0 Å². The summed E-state index contributed by atoms with van der Waals surface area (Å²) in [5, 5.41) is 25.9. The molecule has 0 fully saturated rings. The third kappa shape index (κ3) is 2.79. The first-order valence-corrected chi connectivity index (χ1v) is 3.16. The average molecular weight is 134 g/mol. The molecule has 3 heteroatoms. The van der Waals surface area contributed by atoms with Gasteiger partial charge in [-0.15, -0.1) is 0 Å². The molecule has 3 N–H and O–H groups in total. The van der Waals surface area contributed by atoms with Crippen molar-refractivity contribution in [2.24, 2.45) is 5.92 Å². The van der Waals surface area contributed by atoms with Gasteiger partial charge in [-0.25, -0.2) is 0 Å². The Labute approximate surface area is 54.9 Å². The van der Waals surface area contributed by atoms with Gasteiger partial charge in [0.15, 0.2) is 0 Å². The molecule has 0 heterocycles. The van der Waals surface area contributed by atoms with Crippen LogP contribution in [0.1, 0.15) is 13.3 Å². The average Bonchev–Trinajstić information content (AvgIpc) is 1.90. The SMILES string of the molecule is CC[C@@H](CO)[C@H](O)CO. The Hall–Kier alpha value is -0.120. The van der Waals surface area contributed by atoms with Crippen molar-refractivity contribution in [3.05, 3.63) is 0 Å². The van der Waals surface area contributed by atoms with Crippen LogP contribution in [-0.4, -0.2) is 34.6 Å². The van der Waals surface area contributed by atoms with E-state index in [0.717, 1.165) is 0 Å². The minimum absolute atomic E-state index is 0.0573. The summed E-state index contributed by atoms with van der Waals surface area (Å²) in [6, 6.07) is 0. The highest BCUT2D eigenvalue weighted by atomic mass is 16.3. The van der Waals surface area contributed by atoms with E-state index in [4.69, 9.17) is 15.3 Å². The predicted molar refractivity (Wildman–Crippen MR) is 34.0 cm³/mol. The molecular weight excluding hydrogens is 120 g/mol. The molecular formula is C6H14O3. The van der Waals surface area contributed by atoms with Crippen LogP contribution in [0.15, 0.2) is 0 Å². The smallest absolute Gasteiger partial charge is 0.0820 e. The van der Waals surface area contributed by atoms with Crippen molar-refractivity contribution >= 4 is 0 Å². The van der Waals surface area contributed by atoms with E-state index in [9.17, 15) is 0 Å². The molecule has 2 atom stereocenters. The highest BCUT2D eigenvalue weighted by molar-refractivity contribution is 4.64. The van der Waals surface area contributed by atoms with Gasteiger partial charge in [-0.05, 0) is 6.42 Å². The van der Waals surface area contributed by atoms with Crippen molar-refractivity contribution in [3.8, 4) is 0 Å². The van der Waals surface area contributed by atoms with Crippen LogP contribution in [0.5, 0.6) is 0 Å². The van der Waals surface area contributed by atoms with Gasteiger partial charge in [0.2, 0.25) is 0 Å². The van der Waals surface area contributed by atoms with Crippen molar-refractivity contribution in [3.63, 3.8) is 0 Å². The lowest BCUT2D eigenvalue weighted by Crippen LogP contribution is -2.26. The van der Waals surface area contributed by atoms with Crippen LogP contribution in [0.25, 0.3) is 0 Å². The normalized spacial score (nSPS) is 17.3. The fourth-order valence-corrected chi connectivity index (χ4v) is 0.672. The van der Waals surface area contributed by atoms with Gasteiger partial charge in [-0.3, -0.25) is 0 Å². The second-order valence-corrected chi connectivity index (χ2v) is 2.10. The number of rotatable bonds is 4. The summed E-state index contributed by atoms with van der Waals surface area (Å²) in [7, 11) is 0. The number of aliphatic hydroxyl groups is 3. The van der Waals surface area contributed by atoms with E-state index in [0.29, 0.717) is 6.42 Å². The van der Waals surface area contributed by atoms with E-state index in [1.165, 1.54) is 0 Å². The topological polar surface area (TPSA) is 60.7 Å². The zero-order valence-electron chi connectivity index (χ0n) is 5.62. The quantitative estimate of drug-likeness (QED) is 0.479. The van der Waals surface area contributed by atoms with Gasteiger partial charge in [0, 0.05) is 12.5 Å². The zero-order valence-corrected chi connectivity index (χ0v) is 5.62. The standard InChI is InChI=1S/C6H14O3/c1-2-5(3-7)6(9)4-8/h5-9H,2-4H2,1H3/t5-,6+/m0/s1. The molecule has 9 heavy (non-hydrogen) atoms. The molecule has 0 bridgehead atoms. The van der Waals surface area contributed by atoms with Gasteiger partial charge in [0.05, 0.1) is 12.7 Å². The van der Waals surface area contributed by atoms with E-state index in [1.807, 2.05) is 6.92 Å². The minimum atomic E-state index is -0.764. The zero-order chi connectivity index (χ0) is 7.28. The molecule has 0 aliphatic rings. The van der Waals surface area contributed by atoms with Crippen molar-refractivity contribution in [1.29, 1.82) is 0 Å². The van der Waals surface area contributed by atoms with Gasteiger partial charge in [0.25, 0.3) is 0 Å². The van der Waals surface area contributed by atoms with E-state index in [2.05, 4.69) is 0 Å². The van der Waals surface area contributed by atoms with Gasteiger partial charge < -0.3 is 15.3 Å². The summed E-state index contributed by atoms with van der Waals surface area (Å²) in [5.74, 6) is -0.171. The molecule has 0 saturated carbocycles. The first kappa shape index (κ1) is 8.88. The highest BCUT2D eigenvalue weighted by Crippen LogP contribution is 2.06. The molecule has 3 nitrogen and oxygen atoms in total. The maximum absolute atomic E-state index is 8.91. The minimum Gasteiger partial charge on any atom is -0.396 e. The molecule has 0 aliphatic heterocycles. The van der Waals surface area contributed by atoms with Crippen LogP contribution >= 0.6 is 0 Å². The van der Waals surface area contributed by atoms with Gasteiger partial charge in [-0.1, -0.05) is 6.92 Å². The highest BCUT2D eigenvalue weighted by Gasteiger charge is 2.14. The fourth-order valence-electron chi connectivity index (χ4n) is 0.672. The molecule has 0 aromatic carbocycles. The summed E-state index contributed by atoms with van der Waals surface area (Å²) < 4.78 is 0.